The molecule has 0 saturated carbocycles. The molecule has 24 heavy (non-hydrogen) atoms. The monoisotopic (exact) mass is 322 g/mol. The van der Waals surface area contributed by atoms with Crippen LogP contribution < -0.4 is 4.90 Å². The number of fused-ring (bicyclic) bond motifs is 2. The highest BCUT2D eigenvalue weighted by Gasteiger charge is 2.20. The van der Waals surface area contributed by atoms with Gasteiger partial charge in [0.15, 0.2) is 18.0 Å². The van der Waals surface area contributed by atoms with Crippen molar-refractivity contribution in [2.24, 2.45) is 0 Å². The zero-order valence-corrected chi connectivity index (χ0v) is 12.8. The van der Waals surface area contributed by atoms with Gasteiger partial charge in [-0.25, -0.2) is 15.0 Å². The Morgan fingerprint density at radius 3 is 2.92 bits per heavy atom. The summed E-state index contributed by atoms with van der Waals surface area (Å²) in [4.78, 5) is 23.0. The smallest absolute Gasteiger partial charge is 0.215 e. The third kappa shape index (κ3) is 2.11. The van der Waals surface area contributed by atoms with Crippen molar-refractivity contribution < 1.29 is 9.15 Å². The minimum absolute atomic E-state index is 0.561. The van der Waals surface area contributed by atoms with E-state index in [1.54, 1.807) is 6.33 Å². The summed E-state index contributed by atoms with van der Waals surface area (Å²) < 4.78 is 10.9. The summed E-state index contributed by atoms with van der Waals surface area (Å²) in [5, 5.41) is 0. The highest BCUT2D eigenvalue weighted by molar-refractivity contribution is 5.85. The zero-order valence-electron chi connectivity index (χ0n) is 12.8. The van der Waals surface area contributed by atoms with Gasteiger partial charge in [-0.3, -0.25) is 0 Å². The molecule has 0 aliphatic carbocycles. The minimum atomic E-state index is 0.561. The fraction of sp³-hybridized carbons (Fsp3) is 0.250. The summed E-state index contributed by atoms with van der Waals surface area (Å²) >= 11 is 0. The predicted octanol–water partition coefficient (Wildman–Crippen LogP) is 2.00. The number of hydrogen-bond donors (Lipinski definition) is 1. The molecule has 8 nitrogen and oxygen atoms in total. The number of ether oxygens (including phenoxy) is 1. The maximum Gasteiger partial charge on any atom is 0.215 e. The minimum Gasteiger partial charge on any atom is -0.438 e. The number of rotatable bonds is 2. The molecule has 0 unspecified atom stereocenters. The van der Waals surface area contributed by atoms with Gasteiger partial charge >= 0.3 is 0 Å². The quantitative estimate of drug-likeness (QED) is 0.603. The first-order valence-corrected chi connectivity index (χ1v) is 7.76. The van der Waals surface area contributed by atoms with Crippen LogP contribution in [0.2, 0.25) is 0 Å². The van der Waals surface area contributed by atoms with E-state index in [1.165, 1.54) is 6.39 Å². The van der Waals surface area contributed by atoms with Crippen molar-refractivity contribution in [2.45, 2.75) is 0 Å². The Labute approximate surface area is 136 Å². The van der Waals surface area contributed by atoms with E-state index in [4.69, 9.17) is 14.1 Å². The third-order valence-electron chi connectivity index (χ3n) is 4.16. The number of morpholine rings is 1. The van der Waals surface area contributed by atoms with Crippen LogP contribution in [0, 0.1) is 0 Å². The molecule has 1 saturated heterocycles. The number of H-pyrrole nitrogens is 1. The van der Waals surface area contributed by atoms with Crippen molar-refractivity contribution in [2.75, 3.05) is 31.2 Å². The lowest BCUT2D eigenvalue weighted by atomic mass is 10.2. The van der Waals surface area contributed by atoms with Crippen molar-refractivity contribution in [1.29, 1.82) is 0 Å². The van der Waals surface area contributed by atoms with Gasteiger partial charge in [0, 0.05) is 18.7 Å². The summed E-state index contributed by atoms with van der Waals surface area (Å²) in [5.41, 5.74) is 3.94. The Morgan fingerprint density at radius 2 is 2.00 bits per heavy atom. The first-order chi connectivity index (χ1) is 11.9. The fourth-order valence-electron chi connectivity index (χ4n) is 2.94. The second kappa shape index (κ2) is 5.27. The molecule has 3 aromatic heterocycles. The van der Waals surface area contributed by atoms with Gasteiger partial charge < -0.3 is 19.0 Å². The van der Waals surface area contributed by atoms with E-state index in [-0.39, 0.29) is 0 Å². The normalized spacial score (nSPS) is 15.4. The Bertz CT molecular complexity index is 1020. The maximum atomic E-state index is 5.52. The van der Waals surface area contributed by atoms with Crippen LogP contribution in [0.3, 0.4) is 0 Å². The lowest BCUT2D eigenvalue weighted by molar-refractivity contribution is 0.122. The van der Waals surface area contributed by atoms with Crippen molar-refractivity contribution in [3.63, 3.8) is 0 Å². The Hall–Kier alpha value is -3.00. The average Bonchev–Trinajstić information content (AvgIpc) is 3.29. The molecule has 8 heteroatoms. The summed E-state index contributed by atoms with van der Waals surface area (Å²) in [6.45, 7) is 2.89. The van der Waals surface area contributed by atoms with Crippen molar-refractivity contribution in [3.8, 4) is 11.4 Å². The number of imidazole rings is 1. The molecule has 0 spiro atoms. The molecular weight excluding hydrogens is 308 g/mol. The number of nitrogens with one attached hydrogen (secondary N) is 1. The predicted molar refractivity (Wildman–Crippen MR) is 87.7 cm³/mol. The van der Waals surface area contributed by atoms with Gasteiger partial charge in [0.1, 0.15) is 0 Å². The van der Waals surface area contributed by atoms with Crippen molar-refractivity contribution in [1.82, 2.24) is 24.9 Å². The molecule has 4 heterocycles. The first-order valence-electron chi connectivity index (χ1n) is 7.76. The SMILES string of the molecule is c1nc2ccc(-c3nc(N4CCOCC4)c4ocnc4n3)cc2[nH]1. The van der Waals surface area contributed by atoms with Crippen LogP contribution in [0.15, 0.2) is 35.3 Å². The Balaban J connectivity index is 1.67. The number of hydrogen-bond acceptors (Lipinski definition) is 7. The number of oxazole rings is 1. The largest absolute Gasteiger partial charge is 0.438 e. The van der Waals surface area contributed by atoms with Gasteiger partial charge in [0.05, 0.1) is 30.6 Å². The summed E-state index contributed by atoms with van der Waals surface area (Å²) in [6.07, 6.45) is 3.08. The van der Waals surface area contributed by atoms with Crippen molar-refractivity contribution >= 4 is 28.1 Å². The van der Waals surface area contributed by atoms with Crippen LogP contribution in [0.25, 0.3) is 33.7 Å². The van der Waals surface area contributed by atoms with E-state index in [9.17, 15) is 0 Å². The average molecular weight is 322 g/mol. The zero-order chi connectivity index (χ0) is 15.9. The number of nitrogens with zero attached hydrogens (tertiary/aromatic N) is 5. The molecule has 120 valence electrons. The highest BCUT2D eigenvalue weighted by Crippen LogP contribution is 2.28. The molecule has 4 aromatic rings. The van der Waals surface area contributed by atoms with Gasteiger partial charge in [-0.1, -0.05) is 0 Å². The topological polar surface area (TPSA) is 93.0 Å². The van der Waals surface area contributed by atoms with E-state index < -0.39 is 0 Å². The highest BCUT2D eigenvalue weighted by atomic mass is 16.5. The molecule has 1 aliphatic heterocycles. The molecule has 0 bridgehead atoms. The van der Waals surface area contributed by atoms with Gasteiger partial charge in [-0.15, -0.1) is 0 Å². The molecular formula is C16H14N6O2. The van der Waals surface area contributed by atoms with E-state index >= 15 is 0 Å². The molecule has 0 atom stereocenters. The molecule has 1 aliphatic rings. The Morgan fingerprint density at radius 1 is 1.08 bits per heavy atom. The van der Waals surface area contributed by atoms with Gasteiger partial charge in [-0.05, 0) is 18.2 Å². The van der Waals surface area contributed by atoms with Crippen LogP contribution in [-0.2, 0) is 4.74 Å². The van der Waals surface area contributed by atoms with Crippen LogP contribution >= 0.6 is 0 Å². The molecule has 0 amide bonds. The standard InChI is InChI=1S/C16H14N6O2/c1-2-11-12(18-8-17-11)7-10(1)14-20-15-13(24-9-19-15)16(21-14)22-3-5-23-6-4-22/h1-2,7-9H,3-6H2,(H,17,18). The van der Waals surface area contributed by atoms with Gasteiger partial charge in [-0.2, -0.15) is 4.98 Å². The molecule has 1 N–H and O–H groups in total. The van der Waals surface area contributed by atoms with E-state index in [2.05, 4.69) is 24.8 Å². The lowest BCUT2D eigenvalue weighted by Gasteiger charge is -2.27. The number of anilines is 1. The van der Waals surface area contributed by atoms with Gasteiger partial charge in [0.2, 0.25) is 11.2 Å². The fourth-order valence-corrected chi connectivity index (χ4v) is 2.94. The van der Waals surface area contributed by atoms with Gasteiger partial charge in [0.25, 0.3) is 0 Å². The van der Waals surface area contributed by atoms with Crippen LogP contribution in [0.1, 0.15) is 0 Å². The van der Waals surface area contributed by atoms with E-state index in [0.717, 1.165) is 35.5 Å². The van der Waals surface area contributed by atoms with Crippen LogP contribution in [-0.4, -0.2) is 51.2 Å². The molecule has 1 aromatic carbocycles. The lowest BCUT2D eigenvalue weighted by Crippen LogP contribution is -2.37. The van der Waals surface area contributed by atoms with Crippen LogP contribution in [0.4, 0.5) is 5.82 Å². The molecule has 5 rings (SSSR count). The second-order valence-electron chi connectivity index (χ2n) is 5.61. The van der Waals surface area contributed by atoms with E-state index in [1.807, 2.05) is 18.2 Å². The third-order valence-corrected chi connectivity index (χ3v) is 4.16. The number of benzene rings is 1. The number of aromatic amines is 1. The molecule has 0 radical (unpaired) electrons. The first kappa shape index (κ1) is 13.4. The number of aromatic nitrogens is 5. The Kier molecular flexibility index (Phi) is 2.95. The molecule has 1 fully saturated rings. The maximum absolute atomic E-state index is 5.52. The van der Waals surface area contributed by atoms with E-state index in [0.29, 0.717) is 30.3 Å². The summed E-state index contributed by atoms with van der Waals surface area (Å²) in [5.74, 6) is 1.38. The summed E-state index contributed by atoms with van der Waals surface area (Å²) in [7, 11) is 0. The second-order valence-corrected chi connectivity index (χ2v) is 5.61. The van der Waals surface area contributed by atoms with Crippen molar-refractivity contribution in [3.05, 3.63) is 30.9 Å². The summed E-state index contributed by atoms with van der Waals surface area (Å²) in [6, 6.07) is 5.91. The van der Waals surface area contributed by atoms with Crippen LogP contribution in [0.5, 0.6) is 0 Å².